The summed E-state index contributed by atoms with van der Waals surface area (Å²) in [4.78, 5) is 13.8. The van der Waals surface area contributed by atoms with Crippen LogP contribution in [0.1, 0.15) is 30.0 Å². The number of aryl methyl sites for hydroxylation is 1. The van der Waals surface area contributed by atoms with Crippen molar-refractivity contribution in [1.82, 2.24) is 19.5 Å². The van der Waals surface area contributed by atoms with Crippen LogP contribution in [0.25, 0.3) is 44.8 Å². The van der Waals surface area contributed by atoms with Crippen molar-refractivity contribution < 1.29 is 13.2 Å². The fourth-order valence-electron chi connectivity index (χ4n) is 5.79. The Labute approximate surface area is 251 Å². The van der Waals surface area contributed by atoms with Gasteiger partial charge in [-0.05, 0) is 71.5 Å². The zero-order chi connectivity index (χ0) is 29.7. The first-order valence-corrected chi connectivity index (χ1v) is 14.3. The van der Waals surface area contributed by atoms with Crippen LogP contribution in [-0.2, 0) is 19.1 Å². The summed E-state index contributed by atoms with van der Waals surface area (Å²) < 4.78 is 41.8. The molecule has 0 unspecified atom stereocenters. The number of pyridine rings is 2. The number of nitrogens with zero attached hydrogens (tertiary/aromatic N) is 4. The molecular weight excluding hydrogens is 571 g/mol. The molecule has 5 nitrogen and oxygen atoms in total. The van der Waals surface area contributed by atoms with Crippen LogP contribution in [-0.4, -0.2) is 19.5 Å². The number of anilines is 2. The lowest BCUT2D eigenvalue weighted by atomic mass is 9.99. The number of fused-ring (bicyclic) bond motifs is 4. The van der Waals surface area contributed by atoms with Crippen LogP contribution in [0.15, 0.2) is 91.3 Å². The maximum absolute atomic E-state index is 13.3. The predicted octanol–water partition coefficient (Wildman–Crippen LogP) is 9.56. The fraction of sp³-hybridized carbons (Fsp3) is 0.147. The third kappa shape index (κ3) is 4.91. The smallest absolute Gasteiger partial charge is 0.338 e. The van der Waals surface area contributed by atoms with E-state index in [1.54, 1.807) is 18.5 Å². The van der Waals surface area contributed by atoms with Crippen molar-refractivity contribution in [2.75, 3.05) is 5.32 Å². The summed E-state index contributed by atoms with van der Waals surface area (Å²) in [7, 11) is 0. The molecule has 0 spiro atoms. The van der Waals surface area contributed by atoms with Crippen molar-refractivity contribution >= 4 is 34.1 Å². The van der Waals surface area contributed by atoms with E-state index in [-0.39, 0.29) is 5.52 Å². The average molecular weight is 596 g/mol. The Morgan fingerprint density at radius 2 is 1.70 bits per heavy atom. The van der Waals surface area contributed by atoms with Gasteiger partial charge in [-0.15, -0.1) is 0 Å². The molecule has 0 saturated carbocycles. The standard InChI is InChI=1S/C34H25ClF3N5/c1-2-14-43-31-13-10-22(34(36,37)38)17-30(31)42-33(43)21-16-28(35)32(40-18-21)41-23-11-12-29(39-19-23)26-9-5-8-25-24-7-4-3-6-20(24)15-27(25)26/h3-13,16-19H,2,14-15H2,1H3,(H,40,41). The Hall–Kier alpha value is -4.69. The van der Waals surface area contributed by atoms with E-state index in [9.17, 15) is 13.2 Å². The molecule has 0 saturated heterocycles. The highest BCUT2D eigenvalue weighted by Gasteiger charge is 2.31. The van der Waals surface area contributed by atoms with E-state index in [1.165, 1.54) is 28.3 Å². The molecule has 6 aromatic rings. The molecule has 1 aliphatic carbocycles. The van der Waals surface area contributed by atoms with Gasteiger partial charge in [-0.1, -0.05) is 61.0 Å². The minimum Gasteiger partial charge on any atom is -0.338 e. The lowest BCUT2D eigenvalue weighted by molar-refractivity contribution is -0.137. The molecule has 0 aliphatic heterocycles. The topological polar surface area (TPSA) is 55.6 Å². The Morgan fingerprint density at radius 3 is 2.47 bits per heavy atom. The number of nitrogens with one attached hydrogen (secondary N) is 1. The van der Waals surface area contributed by atoms with Crippen molar-refractivity contribution in [1.29, 1.82) is 0 Å². The molecule has 3 aromatic carbocycles. The van der Waals surface area contributed by atoms with Gasteiger partial charge in [0, 0.05) is 23.9 Å². The molecule has 1 N–H and O–H groups in total. The summed E-state index contributed by atoms with van der Waals surface area (Å²) in [6.45, 7) is 2.59. The van der Waals surface area contributed by atoms with E-state index in [0.717, 1.165) is 41.9 Å². The van der Waals surface area contributed by atoms with E-state index in [1.807, 2.05) is 23.6 Å². The predicted molar refractivity (Wildman–Crippen MR) is 164 cm³/mol. The van der Waals surface area contributed by atoms with E-state index < -0.39 is 11.7 Å². The Morgan fingerprint density at radius 1 is 0.884 bits per heavy atom. The Bertz CT molecular complexity index is 2000. The van der Waals surface area contributed by atoms with Gasteiger partial charge in [0.25, 0.3) is 0 Å². The zero-order valence-corrected chi connectivity index (χ0v) is 23.8. The average Bonchev–Trinajstić information content (AvgIpc) is 3.56. The monoisotopic (exact) mass is 595 g/mol. The minimum atomic E-state index is -4.44. The number of alkyl halides is 3. The Kier molecular flexibility index (Phi) is 6.66. The normalized spacial score (nSPS) is 12.4. The number of aromatic nitrogens is 4. The summed E-state index contributed by atoms with van der Waals surface area (Å²) in [6, 6.07) is 24.1. The fourth-order valence-corrected chi connectivity index (χ4v) is 6.00. The molecule has 0 atom stereocenters. The number of imidazole rings is 1. The first-order chi connectivity index (χ1) is 20.8. The van der Waals surface area contributed by atoms with Crippen molar-refractivity contribution in [3.63, 3.8) is 0 Å². The largest absolute Gasteiger partial charge is 0.416 e. The number of benzene rings is 3. The summed E-state index contributed by atoms with van der Waals surface area (Å²) in [5, 5.41) is 3.58. The Balaban J connectivity index is 1.15. The highest BCUT2D eigenvalue weighted by molar-refractivity contribution is 6.33. The lowest BCUT2D eigenvalue weighted by Crippen LogP contribution is -2.04. The minimum absolute atomic E-state index is 0.274. The van der Waals surface area contributed by atoms with Gasteiger partial charge >= 0.3 is 6.18 Å². The van der Waals surface area contributed by atoms with Crippen LogP contribution in [0.3, 0.4) is 0 Å². The van der Waals surface area contributed by atoms with Crippen molar-refractivity contribution in [3.8, 4) is 33.8 Å². The molecule has 1 aliphatic rings. The number of hydrogen-bond acceptors (Lipinski definition) is 4. The van der Waals surface area contributed by atoms with Crippen LogP contribution in [0, 0.1) is 0 Å². The SMILES string of the molecule is CCCn1c(-c2cnc(Nc3ccc(-c4cccc5c4Cc4ccccc4-5)nc3)c(Cl)c2)nc2cc(C(F)(F)F)ccc21. The van der Waals surface area contributed by atoms with Gasteiger partial charge in [-0.25, -0.2) is 9.97 Å². The maximum atomic E-state index is 13.3. The molecule has 3 heterocycles. The van der Waals surface area contributed by atoms with Gasteiger partial charge in [0.1, 0.15) is 11.6 Å². The van der Waals surface area contributed by atoms with Crippen LogP contribution in [0.5, 0.6) is 0 Å². The van der Waals surface area contributed by atoms with Crippen LogP contribution in [0.4, 0.5) is 24.7 Å². The van der Waals surface area contributed by atoms with E-state index in [2.05, 4.69) is 57.7 Å². The molecule has 0 fully saturated rings. The summed E-state index contributed by atoms with van der Waals surface area (Å²) in [5.41, 5.74) is 8.62. The third-order valence-corrected chi connectivity index (χ3v) is 8.06. The van der Waals surface area contributed by atoms with Gasteiger partial charge in [-0.3, -0.25) is 4.98 Å². The van der Waals surface area contributed by atoms with Crippen LogP contribution >= 0.6 is 11.6 Å². The van der Waals surface area contributed by atoms with Crippen LogP contribution in [0.2, 0.25) is 5.02 Å². The first kappa shape index (κ1) is 27.2. The highest BCUT2D eigenvalue weighted by Crippen LogP contribution is 2.41. The molecule has 0 amide bonds. The molecule has 7 rings (SSSR count). The second-order valence-corrected chi connectivity index (χ2v) is 11.0. The maximum Gasteiger partial charge on any atom is 0.416 e. The summed E-state index contributed by atoms with van der Waals surface area (Å²) >= 11 is 6.65. The molecule has 214 valence electrons. The van der Waals surface area contributed by atoms with Crippen molar-refractivity contribution in [2.45, 2.75) is 32.5 Å². The van der Waals surface area contributed by atoms with Crippen molar-refractivity contribution in [3.05, 3.63) is 113 Å². The molecule has 3 aromatic heterocycles. The second-order valence-electron chi connectivity index (χ2n) is 10.6. The highest BCUT2D eigenvalue weighted by atomic mass is 35.5. The number of halogens is 4. The first-order valence-electron chi connectivity index (χ1n) is 14.0. The van der Waals surface area contributed by atoms with Crippen molar-refractivity contribution in [2.24, 2.45) is 0 Å². The molecule has 9 heteroatoms. The number of rotatable bonds is 6. The number of hydrogen-bond donors (Lipinski definition) is 1. The van der Waals surface area contributed by atoms with Gasteiger partial charge in [-0.2, -0.15) is 13.2 Å². The van der Waals surface area contributed by atoms with Gasteiger partial charge in [0.05, 0.1) is 39.2 Å². The molecule has 0 radical (unpaired) electrons. The van der Waals surface area contributed by atoms with E-state index >= 15 is 0 Å². The summed E-state index contributed by atoms with van der Waals surface area (Å²) in [6.07, 6.45) is 0.592. The lowest BCUT2D eigenvalue weighted by Gasteiger charge is -2.12. The van der Waals surface area contributed by atoms with E-state index in [4.69, 9.17) is 16.6 Å². The third-order valence-electron chi connectivity index (χ3n) is 7.78. The molecule has 43 heavy (non-hydrogen) atoms. The zero-order valence-electron chi connectivity index (χ0n) is 23.1. The van der Waals surface area contributed by atoms with Crippen LogP contribution < -0.4 is 5.32 Å². The van der Waals surface area contributed by atoms with E-state index in [0.29, 0.717) is 34.3 Å². The van der Waals surface area contributed by atoms with Gasteiger partial charge in [0.2, 0.25) is 0 Å². The molecular formula is C34H25ClF3N5. The molecule has 0 bridgehead atoms. The summed E-state index contributed by atoms with van der Waals surface area (Å²) in [5.74, 6) is 0.953. The van der Waals surface area contributed by atoms with Gasteiger partial charge < -0.3 is 9.88 Å². The van der Waals surface area contributed by atoms with Gasteiger partial charge in [0.15, 0.2) is 0 Å². The second kappa shape index (κ2) is 10.5. The quantitative estimate of drug-likeness (QED) is 0.208.